The molecule has 0 aliphatic heterocycles. The van der Waals surface area contributed by atoms with Crippen LogP contribution in [0.2, 0.25) is 0 Å². The van der Waals surface area contributed by atoms with Gasteiger partial charge in [0.25, 0.3) is 0 Å². The van der Waals surface area contributed by atoms with E-state index >= 15 is 0 Å². The Morgan fingerprint density at radius 1 is 1.28 bits per heavy atom. The maximum absolute atomic E-state index is 12.1. The van der Waals surface area contributed by atoms with E-state index in [1.807, 2.05) is 6.92 Å². The van der Waals surface area contributed by atoms with E-state index in [9.17, 15) is 8.42 Å². The van der Waals surface area contributed by atoms with Crippen LogP contribution in [0.1, 0.15) is 40.5 Å². The van der Waals surface area contributed by atoms with Gasteiger partial charge in [0.05, 0.1) is 6.54 Å². The second-order valence-corrected chi connectivity index (χ2v) is 8.13. The molecule has 1 heterocycles. The monoisotopic (exact) mass is 369 g/mol. The summed E-state index contributed by atoms with van der Waals surface area (Å²) < 4.78 is 26.7. The average molecular weight is 370 g/mol. The zero-order valence-electron chi connectivity index (χ0n) is 15.6. The van der Waals surface area contributed by atoms with Crippen LogP contribution < -0.4 is 15.4 Å². The molecule has 1 rings (SSSR count). The minimum absolute atomic E-state index is 0.159. The van der Waals surface area contributed by atoms with Gasteiger partial charge in [-0.3, -0.25) is 9.98 Å². The van der Waals surface area contributed by atoms with Crippen LogP contribution in [-0.4, -0.2) is 45.0 Å². The summed E-state index contributed by atoms with van der Waals surface area (Å²) in [5.74, 6) is 1.38. The average Bonchev–Trinajstić information content (AvgIpc) is 2.58. The summed E-state index contributed by atoms with van der Waals surface area (Å²) >= 11 is 0. The van der Waals surface area contributed by atoms with E-state index in [2.05, 4.69) is 46.1 Å². The minimum atomic E-state index is -3.53. The van der Waals surface area contributed by atoms with Gasteiger partial charge >= 0.3 is 0 Å². The molecule has 0 radical (unpaired) electrons. The maximum Gasteiger partial charge on any atom is 0.242 e. The van der Waals surface area contributed by atoms with Crippen molar-refractivity contribution in [2.24, 2.45) is 10.9 Å². The van der Waals surface area contributed by atoms with Gasteiger partial charge in [0, 0.05) is 31.5 Å². The predicted octanol–water partition coefficient (Wildman–Crippen LogP) is 1.74. The molecule has 7 nitrogen and oxygen atoms in total. The lowest BCUT2D eigenvalue weighted by atomic mass is 10.0. The van der Waals surface area contributed by atoms with E-state index in [-0.39, 0.29) is 11.4 Å². The van der Waals surface area contributed by atoms with Crippen LogP contribution in [-0.2, 0) is 10.0 Å². The Balaban J connectivity index is 2.49. The summed E-state index contributed by atoms with van der Waals surface area (Å²) in [6, 6.07) is 3.42. The molecule has 1 aromatic rings. The number of nitrogens with one attached hydrogen (secondary N) is 3. The van der Waals surface area contributed by atoms with Crippen molar-refractivity contribution in [2.75, 3.05) is 19.6 Å². The molecule has 8 heteroatoms. The molecule has 142 valence electrons. The molecule has 0 bridgehead atoms. The van der Waals surface area contributed by atoms with Crippen LogP contribution in [0, 0.1) is 5.92 Å². The van der Waals surface area contributed by atoms with Crippen molar-refractivity contribution >= 4 is 16.0 Å². The van der Waals surface area contributed by atoms with Crippen molar-refractivity contribution in [3.05, 3.63) is 24.5 Å². The molecule has 1 atom stereocenters. The molecular weight excluding hydrogens is 338 g/mol. The minimum Gasteiger partial charge on any atom is -0.357 e. The van der Waals surface area contributed by atoms with Gasteiger partial charge in [0.2, 0.25) is 10.0 Å². The number of aliphatic imine (C=N–C) groups is 1. The summed E-state index contributed by atoms with van der Waals surface area (Å²) in [5, 5.41) is 6.54. The highest BCUT2D eigenvalue weighted by Gasteiger charge is 2.12. The second kappa shape index (κ2) is 11.0. The number of guanidine groups is 1. The molecule has 0 saturated carbocycles. The zero-order valence-corrected chi connectivity index (χ0v) is 16.4. The smallest absolute Gasteiger partial charge is 0.242 e. The maximum atomic E-state index is 12.1. The van der Waals surface area contributed by atoms with Crippen molar-refractivity contribution in [2.45, 2.75) is 51.5 Å². The van der Waals surface area contributed by atoms with Crippen LogP contribution in [0.15, 0.2) is 34.4 Å². The molecule has 1 aromatic heterocycles. The van der Waals surface area contributed by atoms with Gasteiger partial charge in [-0.25, -0.2) is 13.1 Å². The quantitative estimate of drug-likeness (QED) is 0.332. The Morgan fingerprint density at radius 2 is 2.04 bits per heavy atom. The van der Waals surface area contributed by atoms with Crippen LogP contribution in [0.25, 0.3) is 0 Å². The summed E-state index contributed by atoms with van der Waals surface area (Å²) in [4.78, 5) is 8.42. The van der Waals surface area contributed by atoms with Gasteiger partial charge in [-0.05, 0) is 44.7 Å². The van der Waals surface area contributed by atoms with Crippen molar-refractivity contribution < 1.29 is 8.42 Å². The van der Waals surface area contributed by atoms with Gasteiger partial charge in [-0.2, -0.15) is 0 Å². The third-order valence-electron chi connectivity index (χ3n) is 3.52. The molecule has 0 fully saturated rings. The first kappa shape index (κ1) is 21.4. The highest BCUT2D eigenvalue weighted by atomic mass is 32.2. The fraction of sp³-hybridized carbons (Fsp3) is 0.647. The Labute approximate surface area is 151 Å². The Morgan fingerprint density at radius 3 is 2.64 bits per heavy atom. The van der Waals surface area contributed by atoms with E-state index in [4.69, 9.17) is 0 Å². The van der Waals surface area contributed by atoms with E-state index in [1.165, 1.54) is 18.5 Å². The molecular formula is C17H31N5O2S. The van der Waals surface area contributed by atoms with Crippen LogP contribution >= 0.6 is 0 Å². The highest BCUT2D eigenvalue weighted by molar-refractivity contribution is 7.89. The Bertz CT molecular complexity index is 617. The standard InChI is InChI=1S/C17H31N5O2S/c1-5-19-17(22-15(4)9-8-14(2)3)20-11-12-21-25(23,24)16-7-6-10-18-13-16/h6-7,10,13-15,21H,5,8-9,11-12H2,1-4H3,(H2,19,20,22). The third-order valence-corrected chi connectivity index (χ3v) is 4.97. The summed E-state index contributed by atoms with van der Waals surface area (Å²) in [7, 11) is -3.53. The van der Waals surface area contributed by atoms with Crippen LogP contribution in [0.5, 0.6) is 0 Å². The molecule has 0 amide bonds. The highest BCUT2D eigenvalue weighted by Crippen LogP contribution is 2.06. The molecule has 3 N–H and O–H groups in total. The molecule has 1 unspecified atom stereocenters. The van der Waals surface area contributed by atoms with Crippen molar-refractivity contribution in [1.29, 1.82) is 0 Å². The van der Waals surface area contributed by atoms with E-state index in [0.717, 1.165) is 19.4 Å². The number of sulfonamides is 1. The zero-order chi connectivity index (χ0) is 18.7. The molecule has 25 heavy (non-hydrogen) atoms. The Hall–Kier alpha value is -1.67. The topological polar surface area (TPSA) is 95.5 Å². The number of pyridine rings is 1. The van der Waals surface area contributed by atoms with E-state index in [0.29, 0.717) is 24.5 Å². The lowest BCUT2D eigenvalue weighted by Crippen LogP contribution is -2.42. The molecule has 0 aromatic carbocycles. The fourth-order valence-corrected chi connectivity index (χ4v) is 3.13. The molecule has 0 spiro atoms. The van der Waals surface area contributed by atoms with E-state index in [1.54, 1.807) is 6.07 Å². The van der Waals surface area contributed by atoms with Gasteiger partial charge in [-0.15, -0.1) is 0 Å². The van der Waals surface area contributed by atoms with Gasteiger partial charge in [0.1, 0.15) is 4.90 Å². The van der Waals surface area contributed by atoms with Gasteiger partial charge < -0.3 is 10.6 Å². The first-order valence-corrected chi connectivity index (χ1v) is 10.3. The first-order chi connectivity index (χ1) is 11.8. The fourth-order valence-electron chi connectivity index (χ4n) is 2.15. The van der Waals surface area contributed by atoms with Crippen LogP contribution in [0.3, 0.4) is 0 Å². The number of hydrogen-bond donors (Lipinski definition) is 3. The lowest BCUT2D eigenvalue weighted by Gasteiger charge is -2.18. The van der Waals surface area contributed by atoms with Crippen LogP contribution in [0.4, 0.5) is 0 Å². The second-order valence-electron chi connectivity index (χ2n) is 6.36. The van der Waals surface area contributed by atoms with Crippen molar-refractivity contribution in [1.82, 2.24) is 20.3 Å². The lowest BCUT2D eigenvalue weighted by molar-refractivity contribution is 0.489. The number of hydrogen-bond acceptors (Lipinski definition) is 4. The first-order valence-electron chi connectivity index (χ1n) is 8.79. The number of nitrogens with zero attached hydrogens (tertiary/aromatic N) is 2. The SMILES string of the molecule is CCNC(=NCCNS(=O)(=O)c1cccnc1)NC(C)CCC(C)C. The predicted molar refractivity (Wildman–Crippen MR) is 102 cm³/mol. The Kier molecular flexibility index (Phi) is 9.44. The normalized spacial score (nSPS) is 13.7. The number of aromatic nitrogens is 1. The van der Waals surface area contributed by atoms with Crippen molar-refractivity contribution in [3.63, 3.8) is 0 Å². The largest absolute Gasteiger partial charge is 0.357 e. The van der Waals surface area contributed by atoms with Crippen molar-refractivity contribution in [3.8, 4) is 0 Å². The number of rotatable bonds is 10. The molecule has 0 aliphatic carbocycles. The molecule has 0 saturated heterocycles. The van der Waals surface area contributed by atoms with Gasteiger partial charge in [0.15, 0.2) is 5.96 Å². The van der Waals surface area contributed by atoms with Gasteiger partial charge in [-0.1, -0.05) is 13.8 Å². The summed E-state index contributed by atoms with van der Waals surface area (Å²) in [6.07, 6.45) is 5.08. The molecule has 0 aliphatic rings. The summed E-state index contributed by atoms with van der Waals surface area (Å²) in [5.41, 5.74) is 0. The third kappa shape index (κ3) is 8.83. The van der Waals surface area contributed by atoms with E-state index < -0.39 is 10.0 Å². The summed E-state index contributed by atoms with van der Waals surface area (Å²) in [6.45, 7) is 9.88.